The lowest BCUT2D eigenvalue weighted by atomic mass is 10.1. The number of carbonyl (C=O) groups excluding carboxylic acids is 1. The second-order valence-electron chi connectivity index (χ2n) is 7.74. The zero-order valence-electron chi connectivity index (χ0n) is 17.4. The molecule has 5 heteroatoms. The number of furan rings is 1. The van der Waals surface area contributed by atoms with Gasteiger partial charge in [0.2, 0.25) is 0 Å². The van der Waals surface area contributed by atoms with Crippen molar-refractivity contribution in [1.82, 2.24) is 9.80 Å². The largest absolute Gasteiger partial charge is 0.497 e. The van der Waals surface area contributed by atoms with Gasteiger partial charge in [-0.05, 0) is 48.2 Å². The van der Waals surface area contributed by atoms with E-state index in [0.717, 1.165) is 50.5 Å². The first kappa shape index (κ1) is 20.2. The van der Waals surface area contributed by atoms with E-state index in [-0.39, 0.29) is 5.91 Å². The van der Waals surface area contributed by atoms with Crippen LogP contribution in [0.1, 0.15) is 40.3 Å². The van der Waals surface area contributed by atoms with Gasteiger partial charge in [0, 0.05) is 26.2 Å². The van der Waals surface area contributed by atoms with E-state index < -0.39 is 0 Å². The van der Waals surface area contributed by atoms with Gasteiger partial charge in [-0.3, -0.25) is 9.69 Å². The van der Waals surface area contributed by atoms with Crippen LogP contribution in [0.5, 0.6) is 5.75 Å². The molecular formula is C25H28N2O3. The molecule has 0 N–H and O–H groups in total. The van der Waals surface area contributed by atoms with Crippen molar-refractivity contribution in [2.24, 2.45) is 0 Å². The van der Waals surface area contributed by atoms with E-state index in [1.807, 2.05) is 35.2 Å². The van der Waals surface area contributed by atoms with Crippen LogP contribution in [0.3, 0.4) is 0 Å². The first-order valence-corrected chi connectivity index (χ1v) is 10.5. The van der Waals surface area contributed by atoms with Gasteiger partial charge in [-0.15, -0.1) is 0 Å². The summed E-state index contributed by atoms with van der Waals surface area (Å²) in [5.74, 6) is 2.10. The second kappa shape index (κ2) is 9.63. The minimum atomic E-state index is 0.00325. The molecule has 3 aromatic rings. The molecule has 4 rings (SSSR count). The van der Waals surface area contributed by atoms with Crippen molar-refractivity contribution in [2.75, 3.05) is 20.2 Å². The molecule has 1 aliphatic heterocycles. The van der Waals surface area contributed by atoms with Crippen LogP contribution in [0.25, 0.3) is 0 Å². The van der Waals surface area contributed by atoms with Gasteiger partial charge in [0.25, 0.3) is 5.91 Å². The molecule has 1 amide bonds. The third kappa shape index (κ3) is 5.10. The van der Waals surface area contributed by atoms with Crippen molar-refractivity contribution in [2.45, 2.75) is 32.5 Å². The Morgan fingerprint density at radius 2 is 1.57 bits per heavy atom. The normalized spacial score (nSPS) is 13.7. The topological polar surface area (TPSA) is 45.9 Å². The van der Waals surface area contributed by atoms with Crippen molar-refractivity contribution in [3.8, 4) is 5.75 Å². The summed E-state index contributed by atoms with van der Waals surface area (Å²) in [5, 5.41) is 0. The van der Waals surface area contributed by atoms with E-state index in [0.29, 0.717) is 12.3 Å². The molecule has 0 aliphatic carbocycles. The smallest absolute Gasteiger partial charge is 0.289 e. The molecule has 0 spiro atoms. The zero-order chi connectivity index (χ0) is 20.8. The van der Waals surface area contributed by atoms with Crippen LogP contribution in [-0.4, -0.2) is 35.9 Å². The summed E-state index contributed by atoms with van der Waals surface area (Å²) in [6.45, 7) is 3.85. The molecule has 0 saturated carbocycles. The third-order valence-corrected chi connectivity index (χ3v) is 5.46. The van der Waals surface area contributed by atoms with Gasteiger partial charge in [0.1, 0.15) is 11.5 Å². The second-order valence-corrected chi connectivity index (χ2v) is 7.74. The van der Waals surface area contributed by atoms with Crippen LogP contribution >= 0.6 is 0 Å². The van der Waals surface area contributed by atoms with E-state index in [1.165, 1.54) is 11.1 Å². The van der Waals surface area contributed by atoms with Crippen molar-refractivity contribution >= 4 is 5.91 Å². The molecule has 2 heterocycles. The van der Waals surface area contributed by atoms with E-state index in [4.69, 9.17) is 9.15 Å². The van der Waals surface area contributed by atoms with Crippen molar-refractivity contribution in [3.63, 3.8) is 0 Å². The Balaban J connectivity index is 1.48. The molecule has 0 unspecified atom stereocenters. The number of carbonyl (C=O) groups is 1. The Labute approximate surface area is 177 Å². The van der Waals surface area contributed by atoms with Crippen molar-refractivity contribution in [1.29, 1.82) is 0 Å². The summed E-state index contributed by atoms with van der Waals surface area (Å²) in [5.41, 5.74) is 2.44. The van der Waals surface area contributed by atoms with Gasteiger partial charge in [0.15, 0.2) is 5.76 Å². The highest BCUT2D eigenvalue weighted by Gasteiger charge is 2.22. The standard InChI is InChI=1S/C25H28N2O3/c1-29-22-11-9-21(10-12-22)18-26(17-20-7-3-2-4-8-20)19-23-13-14-24(30-23)25(28)27-15-5-6-16-27/h2-4,7-14H,5-6,15-19H2,1H3. The number of methoxy groups -OCH3 is 1. The van der Waals surface area contributed by atoms with Gasteiger partial charge >= 0.3 is 0 Å². The first-order chi connectivity index (χ1) is 14.7. The Morgan fingerprint density at radius 1 is 0.900 bits per heavy atom. The van der Waals surface area contributed by atoms with E-state index in [2.05, 4.69) is 41.3 Å². The summed E-state index contributed by atoms with van der Waals surface area (Å²) in [4.78, 5) is 16.8. The third-order valence-electron chi connectivity index (χ3n) is 5.46. The maximum Gasteiger partial charge on any atom is 0.289 e. The highest BCUT2D eigenvalue weighted by Crippen LogP contribution is 2.20. The maximum atomic E-state index is 12.6. The van der Waals surface area contributed by atoms with Crippen LogP contribution in [0, 0.1) is 0 Å². The number of hydrogen-bond donors (Lipinski definition) is 0. The molecule has 1 aromatic heterocycles. The fourth-order valence-corrected chi connectivity index (χ4v) is 3.87. The van der Waals surface area contributed by atoms with Gasteiger partial charge in [0.05, 0.1) is 13.7 Å². The Kier molecular flexibility index (Phi) is 6.50. The van der Waals surface area contributed by atoms with Crippen molar-refractivity contribution in [3.05, 3.63) is 89.4 Å². The Morgan fingerprint density at radius 3 is 2.23 bits per heavy atom. The number of likely N-dealkylation sites (tertiary alicyclic amines) is 1. The number of rotatable bonds is 8. The molecule has 0 bridgehead atoms. The lowest BCUT2D eigenvalue weighted by molar-refractivity contribution is 0.0756. The summed E-state index contributed by atoms with van der Waals surface area (Å²) in [6, 6.07) is 22.3. The minimum absolute atomic E-state index is 0.00325. The predicted molar refractivity (Wildman–Crippen MR) is 116 cm³/mol. The van der Waals surface area contributed by atoms with E-state index in [1.54, 1.807) is 7.11 Å². The average Bonchev–Trinajstić information content (AvgIpc) is 3.47. The lowest BCUT2D eigenvalue weighted by Crippen LogP contribution is -2.27. The molecule has 30 heavy (non-hydrogen) atoms. The number of hydrogen-bond acceptors (Lipinski definition) is 4. The summed E-state index contributed by atoms with van der Waals surface area (Å²) in [6.07, 6.45) is 2.15. The van der Waals surface area contributed by atoms with Crippen LogP contribution in [0.15, 0.2) is 71.1 Å². The molecule has 1 fully saturated rings. The van der Waals surface area contributed by atoms with Crippen LogP contribution in [-0.2, 0) is 19.6 Å². The quantitative estimate of drug-likeness (QED) is 0.545. The fraction of sp³-hybridized carbons (Fsp3) is 0.320. The zero-order valence-corrected chi connectivity index (χ0v) is 17.4. The SMILES string of the molecule is COc1ccc(CN(Cc2ccccc2)Cc2ccc(C(=O)N3CCCC3)o2)cc1. The molecule has 2 aromatic carbocycles. The van der Waals surface area contributed by atoms with Crippen LogP contribution in [0.2, 0.25) is 0 Å². The highest BCUT2D eigenvalue weighted by atomic mass is 16.5. The molecule has 0 atom stereocenters. The number of amides is 1. The maximum absolute atomic E-state index is 12.6. The Hall–Kier alpha value is -3.05. The van der Waals surface area contributed by atoms with E-state index in [9.17, 15) is 4.79 Å². The lowest BCUT2D eigenvalue weighted by Gasteiger charge is -2.22. The molecule has 5 nitrogen and oxygen atoms in total. The molecular weight excluding hydrogens is 376 g/mol. The predicted octanol–water partition coefficient (Wildman–Crippen LogP) is 4.73. The summed E-state index contributed by atoms with van der Waals surface area (Å²) >= 11 is 0. The monoisotopic (exact) mass is 404 g/mol. The molecule has 156 valence electrons. The summed E-state index contributed by atoms with van der Waals surface area (Å²) < 4.78 is 11.2. The Bertz CT molecular complexity index is 944. The fourth-order valence-electron chi connectivity index (χ4n) is 3.87. The minimum Gasteiger partial charge on any atom is -0.497 e. The van der Waals surface area contributed by atoms with Gasteiger partial charge in [-0.1, -0.05) is 42.5 Å². The van der Waals surface area contributed by atoms with Crippen molar-refractivity contribution < 1.29 is 13.9 Å². The highest BCUT2D eigenvalue weighted by molar-refractivity contribution is 5.91. The number of nitrogens with zero attached hydrogens (tertiary/aromatic N) is 2. The molecule has 1 saturated heterocycles. The van der Waals surface area contributed by atoms with E-state index >= 15 is 0 Å². The van der Waals surface area contributed by atoms with Gasteiger partial charge < -0.3 is 14.1 Å². The average molecular weight is 405 g/mol. The summed E-state index contributed by atoms with van der Waals surface area (Å²) in [7, 11) is 1.68. The van der Waals surface area contributed by atoms with Crippen LogP contribution in [0.4, 0.5) is 0 Å². The van der Waals surface area contributed by atoms with Gasteiger partial charge in [-0.2, -0.15) is 0 Å². The molecule has 0 radical (unpaired) electrons. The van der Waals surface area contributed by atoms with Gasteiger partial charge in [-0.25, -0.2) is 0 Å². The molecule has 1 aliphatic rings. The first-order valence-electron chi connectivity index (χ1n) is 10.5. The number of benzene rings is 2. The number of ether oxygens (including phenoxy) is 1. The van der Waals surface area contributed by atoms with Crippen LogP contribution < -0.4 is 4.74 Å².